The summed E-state index contributed by atoms with van der Waals surface area (Å²) in [5, 5.41) is 0.777. The van der Waals surface area contributed by atoms with Crippen molar-refractivity contribution in [2.75, 3.05) is 0 Å². The third kappa shape index (κ3) is 4.19. The molecule has 0 amide bonds. The Morgan fingerprint density at radius 1 is 1.24 bits per heavy atom. The van der Waals surface area contributed by atoms with Crippen molar-refractivity contribution in [2.45, 2.75) is 39.7 Å². The molecular weight excluding hydrogens is 284 g/mol. The molecule has 112 valence electrons. The van der Waals surface area contributed by atoms with Gasteiger partial charge in [0.25, 0.3) is 0 Å². The molecule has 0 aliphatic carbocycles. The van der Waals surface area contributed by atoms with E-state index >= 15 is 0 Å². The number of nitrogens with zero attached hydrogens (tertiary/aromatic N) is 1. The van der Waals surface area contributed by atoms with Crippen LogP contribution in [0.25, 0.3) is 0 Å². The van der Waals surface area contributed by atoms with Crippen LogP contribution in [0.1, 0.15) is 30.0 Å². The number of aryl methyl sites for hydroxylation is 2. The van der Waals surface area contributed by atoms with E-state index in [1.807, 2.05) is 44.3 Å². The lowest BCUT2D eigenvalue weighted by atomic mass is 10.1. The number of halogens is 1. The fraction of sp³-hybridized carbons (Fsp3) is 0.353. The van der Waals surface area contributed by atoms with Crippen LogP contribution >= 0.6 is 11.6 Å². The molecule has 0 saturated heterocycles. The molecule has 0 spiro atoms. The van der Waals surface area contributed by atoms with Gasteiger partial charge >= 0.3 is 0 Å². The Hall–Kier alpha value is -1.58. The summed E-state index contributed by atoms with van der Waals surface area (Å²) in [5.41, 5.74) is 9.06. The van der Waals surface area contributed by atoms with Gasteiger partial charge in [-0.2, -0.15) is 0 Å². The second-order valence-corrected chi connectivity index (χ2v) is 5.73. The third-order valence-corrected chi connectivity index (χ3v) is 4.05. The minimum Gasteiger partial charge on any atom is -0.439 e. The number of ether oxygens (including phenoxy) is 1. The van der Waals surface area contributed by atoms with Gasteiger partial charge < -0.3 is 10.5 Å². The summed E-state index contributed by atoms with van der Waals surface area (Å²) in [7, 11) is 0. The number of benzene rings is 1. The summed E-state index contributed by atoms with van der Waals surface area (Å²) >= 11 is 6.15. The Morgan fingerprint density at radius 2 is 1.90 bits per heavy atom. The SMILES string of the molecule is CCC(N)Cc1ccc(Oc2cc(C)c(Cl)c(C)c2)nc1. The quantitative estimate of drug-likeness (QED) is 0.889. The Labute approximate surface area is 131 Å². The predicted octanol–water partition coefficient (Wildman–Crippen LogP) is 4.42. The lowest BCUT2D eigenvalue weighted by molar-refractivity contribution is 0.461. The Balaban J connectivity index is 2.10. The zero-order valence-electron chi connectivity index (χ0n) is 12.7. The predicted molar refractivity (Wildman–Crippen MR) is 87.2 cm³/mol. The molecule has 4 heteroatoms. The van der Waals surface area contributed by atoms with E-state index in [4.69, 9.17) is 22.1 Å². The highest BCUT2D eigenvalue weighted by Gasteiger charge is 2.06. The average molecular weight is 305 g/mol. The van der Waals surface area contributed by atoms with Crippen molar-refractivity contribution >= 4 is 11.6 Å². The van der Waals surface area contributed by atoms with Crippen molar-refractivity contribution in [1.82, 2.24) is 4.98 Å². The van der Waals surface area contributed by atoms with Gasteiger partial charge in [-0.25, -0.2) is 4.98 Å². The number of hydrogen-bond donors (Lipinski definition) is 1. The van der Waals surface area contributed by atoms with Crippen LogP contribution in [0.5, 0.6) is 11.6 Å². The highest BCUT2D eigenvalue weighted by molar-refractivity contribution is 6.32. The number of nitrogens with two attached hydrogens (primary N) is 1. The van der Waals surface area contributed by atoms with E-state index in [2.05, 4.69) is 11.9 Å². The standard InChI is InChI=1S/C17H21ClN2O/c1-4-14(19)9-13-5-6-16(20-10-13)21-15-7-11(2)17(18)12(3)8-15/h5-8,10,14H,4,9,19H2,1-3H3. The van der Waals surface area contributed by atoms with Crippen molar-refractivity contribution in [3.05, 3.63) is 52.2 Å². The van der Waals surface area contributed by atoms with Crippen LogP contribution in [0.15, 0.2) is 30.5 Å². The molecule has 0 bridgehead atoms. The van der Waals surface area contributed by atoms with E-state index in [1.165, 1.54) is 0 Å². The summed E-state index contributed by atoms with van der Waals surface area (Å²) < 4.78 is 5.78. The van der Waals surface area contributed by atoms with Crippen molar-refractivity contribution in [3.8, 4) is 11.6 Å². The molecular formula is C17H21ClN2O. The molecule has 0 radical (unpaired) electrons. The monoisotopic (exact) mass is 304 g/mol. The Kier molecular flexibility index (Phi) is 5.21. The van der Waals surface area contributed by atoms with Crippen LogP contribution in [0.3, 0.4) is 0 Å². The number of pyridine rings is 1. The van der Waals surface area contributed by atoms with Gasteiger partial charge in [-0.05, 0) is 55.5 Å². The van der Waals surface area contributed by atoms with Gasteiger partial charge in [-0.3, -0.25) is 0 Å². The zero-order valence-corrected chi connectivity index (χ0v) is 13.4. The maximum absolute atomic E-state index is 6.15. The normalized spacial score (nSPS) is 12.2. The first-order chi connectivity index (χ1) is 9.99. The molecule has 1 aromatic heterocycles. The summed E-state index contributed by atoms with van der Waals surface area (Å²) in [5.74, 6) is 1.32. The van der Waals surface area contributed by atoms with E-state index in [0.29, 0.717) is 5.88 Å². The first-order valence-corrected chi connectivity index (χ1v) is 7.52. The van der Waals surface area contributed by atoms with E-state index in [1.54, 1.807) is 0 Å². The molecule has 1 heterocycles. The topological polar surface area (TPSA) is 48.1 Å². The molecule has 0 fully saturated rings. The van der Waals surface area contributed by atoms with E-state index in [0.717, 1.165) is 40.3 Å². The van der Waals surface area contributed by atoms with Gasteiger partial charge in [-0.1, -0.05) is 24.6 Å². The van der Waals surface area contributed by atoms with Crippen molar-refractivity contribution in [2.24, 2.45) is 5.73 Å². The largest absolute Gasteiger partial charge is 0.439 e. The fourth-order valence-electron chi connectivity index (χ4n) is 2.12. The van der Waals surface area contributed by atoms with Gasteiger partial charge in [0.1, 0.15) is 5.75 Å². The Bertz CT molecular complexity index is 588. The first kappa shape index (κ1) is 15.8. The molecule has 3 nitrogen and oxygen atoms in total. The van der Waals surface area contributed by atoms with Crippen LogP contribution in [-0.2, 0) is 6.42 Å². The van der Waals surface area contributed by atoms with Crippen LogP contribution in [0, 0.1) is 13.8 Å². The van der Waals surface area contributed by atoms with Gasteiger partial charge in [0.15, 0.2) is 0 Å². The molecule has 2 N–H and O–H groups in total. The third-order valence-electron chi connectivity index (χ3n) is 3.45. The second-order valence-electron chi connectivity index (χ2n) is 5.35. The van der Waals surface area contributed by atoms with Crippen molar-refractivity contribution in [1.29, 1.82) is 0 Å². The summed E-state index contributed by atoms with van der Waals surface area (Å²) in [4.78, 5) is 4.33. The van der Waals surface area contributed by atoms with E-state index < -0.39 is 0 Å². The highest BCUT2D eigenvalue weighted by Crippen LogP contribution is 2.28. The first-order valence-electron chi connectivity index (χ1n) is 7.14. The molecule has 0 aliphatic heterocycles. The van der Waals surface area contributed by atoms with Crippen molar-refractivity contribution in [3.63, 3.8) is 0 Å². The van der Waals surface area contributed by atoms with Crippen molar-refractivity contribution < 1.29 is 4.74 Å². The molecule has 0 saturated carbocycles. The average Bonchev–Trinajstić information content (AvgIpc) is 2.46. The molecule has 0 aliphatic rings. The minimum absolute atomic E-state index is 0.181. The van der Waals surface area contributed by atoms with E-state index in [-0.39, 0.29) is 6.04 Å². The molecule has 21 heavy (non-hydrogen) atoms. The smallest absolute Gasteiger partial charge is 0.219 e. The lowest BCUT2D eigenvalue weighted by Gasteiger charge is -2.11. The fourth-order valence-corrected chi connectivity index (χ4v) is 2.23. The van der Waals surface area contributed by atoms with Crippen LogP contribution < -0.4 is 10.5 Å². The van der Waals surface area contributed by atoms with E-state index in [9.17, 15) is 0 Å². The highest BCUT2D eigenvalue weighted by atomic mass is 35.5. The zero-order chi connectivity index (χ0) is 15.4. The molecule has 2 aromatic rings. The summed E-state index contributed by atoms with van der Waals surface area (Å²) in [6, 6.07) is 7.89. The maximum atomic E-state index is 6.15. The lowest BCUT2D eigenvalue weighted by Crippen LogP contribution is -2.21. The van der Waals surface area contributed by atoms with Crippen LogP contribution in [0.4, 0.5) is 0 Å². The van der Waals surface area contributed by atoms with Crippen LogP contribution in [-0.4, -0.2) is 11.0 Å². The summed E-state index contributed by atoms with van der Waals surface area (Å²) in [6.07, 6.45) is 3.62. The van der Waals surface area contributed by atoms with Gasteiger partial charge in [0, 0.05) is 23.3 Å². The second kappa shape index (κ2) is 6.92. The van der Waals surface area contributed by atoms with Crippen LogP contribution in [0.2, 0.25) is 5.02 Å². The molecule has 1 aromatic carbocycles. The maximum Gasteiger partial charge on any atom is 0.219 e. The minimum atomic E-state index is 0.181. The van der Waals surface area contributed by atoms with Gasteiger partial charge in [0.05, 0.1) is 0 Å². The molecule has 1 atom stereocenters. The number of rotatable bonds is 5. The van der Waals surface area contributed by atoms with Gasteiger partial charge in [-0.15, -0.1) is 0 Å². The number of hydrogen-bond acceptors (Lipinski definition) is 3. The molecule has 1 unspecified atom stereocenters. The molecule has 2 rings (SSSR count). The summed E-state index contributed by atoms with van der Waals surface area (Å²) in [6.45, 7) is 6.01. The van der Waals surface area contributed by atoms with Gasteiger partial charge in [0.2, 0.25) is 5.88 Å². The number of aromatic nitrogens is 1. The Morgan fingerprint density at radius 3 is 2.43 bits per heavy atom.